The number of ether oxygens (including phenoxy) is 1. The zero-order chi connectivity index (χ0) is 26.7. The molecule has 0 bridgehead atoms. The predicted molar refractivity (Wildman–Crippen MR) is 158 cm³/mol. The standard InChI is InChI=1S/C30H35N5O2S/c1-21-9-10-22(30(2,3)4)19-26(21)35-28(13-14-31-35)33-29(36)32-25-11-12-27(24-8-6-5-7-23(24)25)37-17-15-34-16-18-38-20-34/h5-14,19H,15-18,20H2,1-4H3,(H2,32,33,36). The molecule has 1 aliphatic heterocycles. The first-order valence-corrected chi connectivity index (χ1v) is 14.1. The van der Waals surface area contributed by atoms with Gasteiger partial charge < -0.3 is 10.1 Å². The summed E-state index contributed by atoms with van der Waals surface area (Å²) >= 11 is 1.96. The molecule has 5 rings (SSSR count). The van der Waals surface area contributed by atoms with Gasteiger partial charge in [-0.15, -0.1) is 11.8 Å². The van der Waals surface area contributed by atoms with E-state index < -0.39 is 0 Å². The number of hydrogen-bond acceptors (Lipinski definition) is 5. The molecule has 0 saturated carbocycles. The second-order valence-corrected chi connectivity index (χ2v) is 11.7. The van der Waals surface area contributed by atoms with Gasteiger partial charge in [0.25, 0.3) is 0 Å². The molecule has 0 atom stereocenters. The highest BCUT2D eigenvalue weighted by Gasteiger charge is 2.18. The normalized spacial score (nSPS) is 14.1. The Labute approximate surface area is 228 Å². The highest BCUT2D eigenvalue weighted by atomic mass is 32.2. The maximum atomic E-state index is 13.1. The molecule has 2 amide bonds. The summed E-state index contributed by atoms with van der Waals surface area (Å²) in [4.78, 5) is 15.5. The summed E-state index contributed by atoms with van der Waals surface area (Å²) in [5, 5.41) is 12.4. The number of hydrogen-bond donors (Lipinski definition) is 2. The number of anilines is 2. The smallest absolute Gasteiger partial charge is 0.324 e. The van der Waals surface area contributed by atoms with Gasteiger partial charge in [0.2, 0.25) is 0 Å². The summed E-state index contributed by atoms with van der Waals surface area (Å²) in [6, 6.07) is 19.7. The highest BCUT2D eigenvalue weighted by molar-refractivity contribution is 7.99. The van der Waals surface area contributed by atoms with E-state index in [0.717, 1.165) is 52.4 Å². The molecule has 0 radical (unpaired) electrons. The van der Waals surface area contributed by atoms with Crippen molar-refractivity contribution in [3.63, 3.8) is 0 Å². The number of benzene rings is 3. The lowest BCUT2D eigenvalue weighted by molar-refractivity contribution is 0.246. The Morgan fingerprint density at radius 1 is 1.05 bits per heavy atom. The van der Waals surface area contributed by atoms with Crippen LogP contribution in [0.4, 0.5) is 16.3 Å². The van der Waals surface area contributed by atoms with Crippen molar-refractivity contribution in [2.24, 2.45) is 0 Å². The summed E-state index contributed by atoms with van der Waals surface area (Å²) < 4.78 is 7.92. The topological polar surface area (TPSA) is 71.4 Å². The molecule has 2 heterocycles. The minimum atomic E-state index is -0.332. The molecule has 38 heavy (non-hydrogen) atoms. The summed E-state index contributed by atoms with van der Waals surface area (Å²) in [6.45, 7) is 11.3. The van der Waals surface area contributed by atoms with Crippen LogP contribution in [0.25, 0.3) is 16.5 Å². The number of nitrogens with zero attached hydrogens (tertiary/aromatic N) is 3. The van der Waals surface area contributed by atoms with Crippen LogP contribution in [-0.2, 0) is 5.41 Å². The molecule has 4 aromatic rings. The number of carbonyl (C=O) groups is 1. The average Bonchev–Trinajstić information content (AvgIpc) is 3.57. The Hall–Kier alpha value is -3.49. The number of aromatic nitrogens is 2. The molecule has 1 saturated heterocycles. The largest absolute Gasteiger partial charge is 0.492 e. The van der Waals surface area contributed by atoms with E-state index in [9.17, 15) is 4.79 Å². The Kier molecular flexibility index (Phi) is 7.63. The first-order chi connectivity index (χ1) is 18.3. The van der Waals surface area contributed by atoms with Crippen LogP contribution in [0.3, 0.4) is 0 Å². The van der Waals surface area contributed by atoms with Crippen LogP contribution >= 0.6 is 11.8 Å². The number of aryl methyl sites for hydroxylation is 1. The van der Waals surface area contributed by atoms with Gasteiger partial charge in [-0.1, -0.05) is 57.2 Å². The van der Waals surface area contributed by atoms with Crippen molar-refractivity contribution in [1.82, 2.24) is 14.7 Å². The average molecular weight is 530 g/mol. The van der Waals surface area contributed by atoms with Crippen molar-refractivity contribution < 1.29 is 9.53 Å². The van der Waals surface area contributed by atoms with E-state index in [-0.39, 0.29) is 11.4 Å². The SMILES string of the molecule is Cc1ccc(C(C)(C)C)cc1-n1nccc1NC(=O)Nc1ccc(OCCN2CCSC2)c2ccccc12. The second-order valence-electron chi connectivity index (χ2n) is 10.6. The molecule has 0 aliphatic carbocycles. The van der Waals surface area contributed by atoms with Crippen LogP contribution in [0.15, 0.2) is 66.9 Å². The number of amides is 2. The van der Waals surface area contributed by atoms with Gasteiger partial charge in [-0.25, -0.2) is 9.48 Å². The van der Waals surface area contributed by atoms with E-state index in [2.05, 4.69) is 59.6 Å². The van der Waals surface area contributed by atoms with E-state index in [0.29, 0.717) is 12.4 Å². The number of nitrogens with one attached hydrogen (secondary N) is 2. The van der Waals surface area contributed by atoms with E-state index in [1.807, 2.05) is 55.1 Å². The lowest BCUT2D eigenvalue weighted by Crippen LogP contribution is -2.25. The van der Waals surface area contributed by atoms with Gasteiger partial charge in [0.1, 0.15) is 18.2 Å². The van der Waals surface area contributed by atoms with Crippen LogP contribution in [-0.4, -0.2) is 52.0 Å². The van der Waals surface area contributed by atoms with Gasteiger partial charge in [0, 0.05) is 41.6 Å². The molecule has 3 aromatic carbocycles. The Morgan fingerprint density at radius 3 is 2.63 bits per heavy atom. The number of carbonyl (C=O) groups excluding carboxylic acids is 1. The van der Waals surface area contributed by atoms with Crippen LogP contribution in [0.2, 0.25) is 0 Å². The Morgan fingerprint density at radius 2 is 1.87 bits per heavy atom. The second kappa shape index (κ2) is 11.1. The van der Waals surface area contributed by atoms with Gasteiger partial charge >= 0.3 is 6.03 Å². The zero-order valence-electron chi connectivity index (χ0n) is 22.5. The summed E-state index contributed by atoms with van der Waals surface area (Å²) in [7, 11) is 0. The predicted octanol–water partition coefficient (Wildman–Crippen LogP) is 6.66. The third-order valence-electron chi connectivity index (χ3n) is 6.81. The summed E-state index contributed by atoms with van der Waals surface area (Å²) in [5.41, 5.74) is 3.95. The lowest BCUT2D eigenvalue weighted by atomic mass is 9.86. The third kappa shape index (κ3) is 5.81. The summed E-state index contributed by atoms with van der Waals surface area (Å²) in [5.74, 6) is 3.68. The van der Waals surface area contributed by atoms with Gasteiger partial charge in [-0.05, 0) is 41.7 Å². The van der Waals surface area contributed by atoms with E-state index in [1.54, 1.807) is 16.9 Å². The number of urea groups is 1. The maximum Gasteiger partial charge on any atom is 0.324 e. The van der Waals surface area contributed by atoms with Gasteiger partial charge in [-0.3, -0.25) is 10.2 Å². The van der Waals surface area contributed by atoms with Crippen molar-refractivity contribution in [3.05, 3.63) is 78.0 Å². The molecule has 8 heteroatoms. The minimum absolute atomic E-state index is 0.00471. The molecule has 0 unspecified atom stereocenters. The first-order valence-electron chi connectivity index (χ1n) is 13.0. The van der Waals surface area contributed by atoms with Crippen molar-refractivity contribution in [3.8, 4) is 11.4 Å². The van der Waals surface area contributed by atoms with Crippen molar-refractivity contribution >= 4 is 40.1 Å². The Balaban J connectivity index is 1.32. The molecular formula is C30H35N5O2S. The van der Waals surface area contributed by atoms with Crippen LogP contribution in [0.5, 0.6) is 5.75 Å². The van der Waals surface area contributed by atoms with Crippen LogP contribution < -0.4 is 15.4 Å². The molecule has 7 nitrogen and oxygen atoms in total. The van der Waals surface area contributed by atoms with Crippen LogP contribution in [0.1, 0.15) is 31.9 Å². The summed E-state index contributed by atoms with van der Waals surface area (Å²) in [6.07, 6.45) is 1.70. The fourth-order valence-electron chi connectivity index (χ4n) is 4.58. The quantitative estimate of drug-likeness (QED) is 0.280. The Bertz CT molecular complexity index is 1440. The fourth-order valence-corrected chi connectivity index (χ4v) is 5.62. The molecule has 2 N–H and O–H groups in total. The molecule has 1 aromatic heterocycles. The van der Waals surface area contributed by atoms with Crippen molar-refractivity contribution in [2.45, 2.75) is 33.1 Å². The third-order valence-corrected chi connectivity index (χ3v) is 7.83. The number of fused-ring (bicyclic) bond motifs is 1. The van der Waals surface area contributed by atoms with Crippen molar-refractivity contribution in [2.75, 3.05) is 42.0 Å². The monoisotopic (exact) mass is 529 g/mol. The number of rotatable bonds is 7. The highest BCUT2D eigenvalue weighted by Crippen LogP contribution is 2.32. The number of thioether (sulfide) groups is 1. The zero-order valence-corrected chi connectivity index (χ0v) is 23.3. The maximum absolute atomic E-state index is 13.1. The van der Waals surface area contributed by atoms with Crippen molar-refractivity contribution in [1.29, 1.82) is 0 Å². The van der Waals surface area contributed by atoms with E-state index >= 15 is 0 Å². The van der Waals surface area contributed by atoms with Gasteiger partial charge in [-0.2, -0.15) is 5.10 Å². The van der Waals surface area contributed by atoms with Gasteiger partial charge in [0.15, 0.2) is 0 Å². The first kappa shape index (κ1) is 26.1. The minimum Gasteiger partial charge on any atom is -0.492 e. The van der Waals surface area contributed by atoms with Crippen LogP contribution in [0, 0.1) is 6.92 Å². The molecule has 1 fully saturated rings. The van der Waals surface area contributed by atoms with E-state index in [1.165, 1.54) is 11.3 Å². The lowest BCUT2D eigenvalue weighted by Gasteiger charge is -2.21. The molecule has 198 valence electrons. The fraction of sp³-hybridized carbons (Fsp3) is 0.333. The molecule has 1 aliphatic rings. The molecular weight excluding hydrogens is 494 g/mol. The van der Waals surface area contributed by atoms with E-state index in [4.69, 9.17) is 4.74 Å². The van der Waals surface area contributed by atoms with Gasteiger partial charge in [0.05, 0.1) is 17.6 Å². The molecule has 0 spiro atoms.